The maximum absolute atomic E-state index is 12.0. The Balaban J connectivity index is 2.58. The first kappa shape index (κ1) is 14.8. The van der Waals surface area contributed by atoms with E-state index in [0.717, 1.165) is 6.42 Å². The van der Waals surface area contributed by atoms with E-state index in [9.17, 15) is 14.7 Å². The Kier molecular flexibility index (Phi) is 4.95. The van der Waals surface area contributed by atoms with Crippen LogP contribution in [0.2, 0.25) is 0 Å². The largest absolute Gasteiger partial charge is 0.480 e. The zero-order valence-corrected chi connectivity index (χ0v) is 11.2. The smallest absolute Gasteiger partial charge is 0.329 e. The summed E-state index contributed by atoms with van der Waals surface area (Å²) in [5.41, 5.74) is -1.09. The number of likely N-dealkylation sites (tertiary alicyclic amines) is 1. The molecule has 0 aliphatic carbocycles. The molecule has 1 rings (SSSR count). The van der Waals surface area contributed by atoms with E-state index < -0.39 is 11.5 Å². The average molecular weight is 258 g/mol. The molecule has 2 atom stereocenters. The zero-order valence-electron chi connectivity index (χ0n) is 11.2. The van der Waals surface area contributed by atoms with Crippen molar-refractivity contribution in [3.8, 4) is 0 Å². The molecule has 1 saturated heterocycles. The van der Waals surface area contributed by atoms with Gasteiger partial charge in [0.25, 0.3) is 0 Å². The van der Waals surface area contributed by atoms with Crippen molar-refractivity contribution in [1.29, 1.82) is 0 Å². The molecule has 0 bridgehead atoms. The Bertz CT molecular complexity index is 321. The van der Waals surface area contributed by atoms with Crippen LogP contribution in [0.25, 0.3) is 0 Å². The first-order chi connectivity index (χ1) is 8.41. The van der Waals surface area contributed by atoms with Crippen LogP contribution >= 0.6 is 0 Å². The Labute approximate surface area is 107 Å². The molecule has 0 aromatic rings. The second-order valence-electron chi connectivity index (χ2n) is 4.84. The average Bonchev–Trinajstić information content (AvgIpc) is 2.70. The molecule has 104 valence electrons. The lowest BCUT2D eigenvalue weighted by Gasteiger charge is -2.32. The highest BCUT2D eigenvalue weighted by molar-refractivity contribution is 5.86. The number of urea groups is 1. The van der Waals surface area contributed by atoms with Crippen LogP contribution < -0.4 is 5.32 Å². The summed E-state index contributed by atoms with van der Waals surface area (Å²) in [7, 11) is 0. The third-order valence-corrected chi connectivity index (χ3v) is 3.29. The maximum atomic E-state index is 12.0. The summed E-state index contributed by atoms with van der Waals surface area (Å²) in [6.45, 7) is 6.82. The molecule has 0 spiro atoms. The quantitative estimate of drug-likeness (QED) is 0.773. The van der Waals surface area contributed by atoms with Gasteiger partial charge in [-0.3, -0.25) is 0 Å². The van der Waals surface area contributed by atoms with E-state index in [1.165, 1.54) is 4.90 Å². The lowest BCUT2D eigenvalue weighted by Crippen LogP contribution is -2.55. The van der Waals surface area contributed by atoms with Gasteiger partial charge in [0.15, 0.2) is 0 Å². The number of carbonyl (C=O) groups excluding carboxylic acids is 1. The van der Waals surface area contributed by atoms with E-state index in [2.05, 4.69) is 5.32 Å². The topological polar surface area (TPSA) is 78.9 Å². The van der Waals surface area contributed by atoms with E-state index >= 15 is 0 Å². The van der Waals surface area contributed by atoms with Gasteiger partial charge in [-0.1, -0.05) is 0 Å². The molecular weight excluding hydrogens is 236 g/mol. The van der Waals surface area contributed by atoms with Gasteiger partial charge in [-0.05, 0) is 33.6 Å². The van der Waals surface area contributed by atoms with Crippen molar-refractivity contribution in [3.05, 3.63) is 0 Å². The number of carboxylic acids is 1. The summed E-state index contributed by atoms with van der Waals surface area (Å²) >= 11 is 0. The standard InChI is InChI=1S/C12H22N2O4/c1-4-18-8-9(2)13-11(17)14-7-5-6-12(14,3)10(15)16/h9H,4-8H2,1-3H3,(H,13,17)(H,15,16). The highest BCUT2D eigenvalue weighted by Crippen LogP contribution is 2.29. The molecule has 2 unspecified atom stereocenters. The number of nitrogens with one attached hydrogen (secondary N) is 1. The summed E-state index contributed by atoms with van der Waals surface area (Å²) in [4.78, 5) is 24.7. The van der Waals surface area contributed by atoms with Crippen molar-refractivity contribution >= 4 is 12.0 Å². The van der Waals surface area contributed by atoms with Crippen molar-refractivity contribution in [2.75, 3.05) is 19.8 Å². The molecule has 2 amide bonds. The fourth-order valence-electron chi connectivity index (χ4n) is 2.14. The molecule has 1 aliphatic heterocycles. The molecule has 6 nitrogen and oxygen atoms in total. The van der Waals surface area contributed by atoms with Crippen LogP contribution in [0.1, 0.15) is 33.6 Å². The number of carboxylic acid groups (broad SMARTS) is 1. The van der Waals surface area contributed by atoms with Crippen LogP contribution in [0.4, 0.5) is 4.79 Å². The molecule has 0 aromatic carbocycles. The van der Waals surface area contributed by atoms with E-state index in [4.69, 9.17) is 4.74 Å². The summed E-state index contributed by atoms with van der Waals surface area (Å²) in [6.07, 6.45) is 1.21. The number of hydrogen-bond acceptors (Lipinski definition) is 3. The minimum atomic E-state index is -1.09. The maximum Gasteiger partial charge on any atom is 0.329 e. The molecule has 6 heteroatoms. The van der Waals surface area contributed by atoms with Crippen LogP contribution in [-0.4, -0.2) is 53.3 Å². The number of amides is 2. The molecule has 1 heterocycles. The van der Waals surface area contributed by atoms with Gasteiger partial charge in [-0.15, -0.1) is 0 Å². The molecule has 0 radical (unpaired) electrons. The van der Waals surface area contributed by atoms with Crippen molar-refractivity contribution in [2.24, 2.45) is 0 Å². The van der Waals surface area contributed by atoms with Crippen LogP contribution in [0, 0.1) is 0 Å². The van der Waals surface area contributed by atoms with Crippen LogP contribution in [-0.2, 0) is 9.53 Å². The Hall–Kier alpha value is -1.30. The zero-order chi connectivity index (χ0) is 13.8. The predicted molar refractivity (Wildman–Crippen MR) is 66.5 cm³/mol. The van der Waals surface area contributed by atoms with Gasteiger partial charge in [-0.2, -0.15) is 0 Å². The lowest BCUT2D eigenvalue weighted by molar-refractivity contribution is -0.147. The van der Waals surface area contributed by atoms with Crippen molar-refractivity contribution in [3.63, 3.8) is 0 Å². The molecule has 18 heavy (non-hydrogen) atoms. The van der Waals surface area contributed by atoms with Crippen LogP contribution in [0.5, 0.6) is 0 Å². The van der Waals surface area contributed by atoms with E-state index in [0.29, 0.717) is 26.2 Å². The van der Waals surface area contributed by atoms with Gasteiger partial charge in [0, 0.05) is 13.2 Å². The second kappa shape index (κ2) is 6.04. The number of ether oxygens (including phenoxy) is 1. The Morgan fingerprint density at radius 1 is 1.56 bits per heavy atom. The second-order valence-corrected chi connectivity index (χ2v) is 4.84. The highest BCUT2D eigenvalue weighted by Gasteiger charge is 2.46. The Morgan fingerprint density at radius 2 is 2.22 bits per heavy atom. The third kappa shape index (κ3) is 3.13. The Morgan fingerprint density at radius 3 is 2.78 bits per heavy atom. The van der Waals surface area contributed by atoms with Crippen molar-refractivity contribution < 1.29 is 19.4 Å². The minimum absolute atomic E-state index is 0.129. The van der Waals surface area contributed by atoms with Crippen LogP contribution in [0.15, 0.2) is 0 Å². The molecule has 0 saturated carbocycles. The molecule has 0 aromatic heterocycles. The van der Waals surface area contributed by atoms with Gasteiger partial charge >= 0.3 is 12.0 Å². The predicted octanol–water partition coefficient (Wildman–Crippen LogP) is 1.06. The fraction of sp³-hybridized carbons (Fsp3) is 0.833. The van der Waals surface area contributed by atoms with Gasteiger partial charge < -0.3 is 20.1 Å². The molecule has 1 aliphatic rings. The number of rotatable bonds is 5. The number of nitrogens with zero attached hydrogens (tertiary/aromatic N) is 1. The summed E-state index contributed by atoms with van der Waals surface area (Å²) < 4.78 is 5.21. The first-order valence-corrected chi connectivity index (χ1v) is 6.31. The molecule has 2 N–H and O–H groups in total. The van der Waals surface area contributed by atoms with Gasteiger partial charge in [0.1, 0.15) is 5.54 Å². The first-order valence-electron chi connectivity index (χ1n) is 6.31. The normalized spacial score (nSPS) is 24.9. The molecular formula is C12H22N2O4. The van der Waals surface area contributed by atoms with E-state index in [1.807, 2.05) is 13.8 Å². The number of aliphatic carboxylic acids is 1. The third-order valence-electron chi connectivity index (χ3n) is 3.29. The SMILES string of the molecule is CCOCC(C)NC(=O)N1CCCC1(C)C(=O)O. The number of hydrogen-bond donors (Lipinski definition) is 2. The van der Waals surface area contributed by atoms with Crippen molar-refractivity contribution in [1.82, 2.24) is 10.2 Å². The van der Waals surface area contributed by atoms with Crippen molar-refractivity contribution in [2.45, 2.75) is 45.2 Å². The highest BCUT2D eigenvalue weighted by atomic mass is 16.5. The molecule has 1 fully saturated rings. The summed E-state index contributed by atoms with van der Waals surface area (Å²) in [5, 5.41) is 12.0. The summed E-state index contributed by atoms with van der Waals surface area (Å²) in [5.74, 6) is -0.951. The van der Waals surface area contributed by atoms with Gasteiger partial charge in [-0.25, -0.2) is 9.59 Å². The fourth-order valence-corrected chi connectivity index (χ4v) is 2.14. The van der Waals surface area contributed by atoms with Gasteiger partial charge in [0.05, 0.1) is 12.6 Å². The number of carbonyl (C=O) groups is 2. The van der Waals surface area contributed by atoms with Crippen LogP contribution in [0.3, 0.4) is 0 Å². The summed E-state index contributed by atoms with van der Waals surface area (Å²) in [6, 6.07) is -0.458. The lowest BCUT2D eigenvalue weighted by atomic mass is 10.00. The van der Waals surface area contributed by atoms with Gasteiger partial charge in [0.2, 0.25) is 0 Å². The monoisotopic (exact) mass is 258 g/mol. The van der Waals surface area contributed by atoms with E-state index in [1.54, 1.807) is 6.92 Å². The van der Waals surface area contributed by atoms with E-state index in [-0.39, 0.29) is 12.1 Å². The minimum Gasteiger partial charge on any atom is -0.480 e.